The lowest BCUT2D eigenvalue weighted by Gasteiger charge is -2.43. The topological polar surface area (TPSA) is 74.7 Å². The molecule has 7 heteroatoms. The van der Waals surface area contributed by atoms with E-state index in [1.807, 2.05) is 20.8 Å². The van der Waals surface area contributed by atoms with Crippen LogP contribution in [0.4, 0.5) is 0 Å². The monoisotopic (exact) mass is 315 g/mol. The molecular weight excluding hydrogens is 298 g/mol. The van der Waals surface area contributed by atoms with Gasteiger partial charge in [0.05, 0.1) is 0 Å². The Balaban J connectivity index is 2.07. The van der Waals surface area contributed by atoms with Crippen LogP contribution in [0.3, 0.4) is 0 Å². The first kappa shape index (κ1) is 14.0. The number of rotatable bonds is 3. The van der Waals surface area contributed by atoms with Crippen LogP contribution < -0.4 is 0 Å². The van der Waals surface area contributed by atoms with Crippen LogP contribution >= 0.6 is 11.3 Å². The van der Waals surface area contributed by atoms with Crippen molar-refractivity contribution in [2.45, 2.75) is 36.9 Å². The molecule has 3 fully saturated rings. The number of hydrogen-bond donors (Lipinski definition) is 1. The molecule has 2 saturated heterocycles. The molecule has 0 radical (unpaired) electrons. The van der Waals surface area contributed by atoms with E-state index < -0.39 is 21.5 Å². The zero-order valence-corrected chi connectivity index (χ0v) is 13.2. The van der Waals surface area contributed by atoms with Gasteiger partial charge >= 0.3 is 5.97 Å². The second-order valence-electron chi connectivity index (χ2n) is 5.82. The van der Waals surface area contributed by atoms with Crippen molar-refractivity contribution in [3.63, 3.8) is 0 Å². The van der Waals surface area contributed by atoms with Gasteiger partial charge in [0.2, 0.25) is 0 Å². The molecule has 20 heavy (non-hydrogen) atoms. The van der Waals surface area contributed by atoms with Crippen LogP contribution in [-0.4, -0.2) is 35.9 Å². The molecule has 0 unspecified atom stereocenters. The SMILES string of the molecule is Cc1cc(S(=O)(=O)N2C[C@@H]3C[C@@]2(C(=O)O)[C@@H]3C)sc1C. The van der Waals surface area contributed by atoms with Crippen LogP contribution in [0.15, 0.2) is 10.3 Å². The minimum Gasteiger partial charge on any atom is -0.480 e. The van der Waals surface area contributed by atoms with Crippen molar-refractivity contribution in [3.05, 3.63) is 16.5 Å². The molecular formula is C13H17NO4S2. The highest BCUT2D eigenvalue weighted by molar-refractivity contribution is 7.91. The lowest BCUT2D eigenvalue weighted by Crippen LogP contribution is -2.59. The third kappa shape index (κ3) is 1.51. The molecule has 2 bridgehead atoms. The van der Waals surface area contributed by atoms with Gasteiger partial charge in [0.15, 0.2) is 0 Å². The number of nitrogens with zero attached hydrogens (tertiary/aromatic N) is 1. The van der Waals surface area contributed by atoms with E-state index in [1.54, 1.807) is 6.07 Å². The summed E-state index contributed by atoms with van der Waals surface area (Å²) in [5, 5.41) is 9.52. The van der Waals surface area contributed by atoms with Crippen LogP contribution in [0.2, 0.25) is 0 Å². The zero-order valence-electron chi connectivity index (χ0n) is 11.6. The average Bonchev–Trinajstić information content (AvgIpc) is 3.00. The largest absolute Gasteiger partial charge is 0.480 e. The van der Waals surface area contributed by atoms with Crippen molar-refractivity contribution >= 4 is 27.3 Å². The minimum absolute atomic E-state index is 0.114. The normalized spacial score (nSPS) is 33.1. The first-order valence-electron chi connectivity index (χ1n) is 6.54. The predicted molar refractivity (Wildman–Crippen MR) is 75.3 cm³/mol. The Morgan fingerprint density at radius 2 is 2.15 bits per heavy atom. The molecule has 1 aromatic rings. The molecule has 3 atom stereocenters. The van der Waals surface area contributed by atoms with Gasteiger partial charge in [-0.25, -0.2) is 8.42 Å². The highest BCUT2D eigenvalue weighted by atomic mass is 32.2. The van der Waals surface area contributed by atoms with Crippen molar-refractivity contribution < 1.29 is 18.3 Å². The van der Waals surface area contributed by atoms with Crippen molar-refractivity contribution in [1.29, 1.82) is 0 Å². The van der Waals surface area contributed by atoms with E-state index in [1.165, 1.54) is 15.6 Å². The van der Waals surface area contributed by atoms with Gasteiger partial charge in [-0.05, 0) is 43.7 Å². The maximum atomic E-state index is 12.8. The Hall–Kier alpha value is -0.920. The van der Waals surface area contributed by atoms with Gasteiger partial charge < -0.3 is 5.11 Å². The molecule has 2 aliphatic heterocycles. The summed E-state index contributed by atoms with van der Waals surface area (Å²) in [5.74, 6) is -0.965. The fraction of sp³-hybridized carbons (Fsp3) is 0.615. The summed E-state index contributed by atoms with van der Waals surface area (Å²) in [6.07, 6.45) is 0.437. The van der Waals surface area contributed by atoms with Gasteiger partial charge in [-0.3, -0.25) is 4.79 Å². The minimum atomic E-state index is -3.71. The number of fused-ring (bicyclic) bond motifs is 1. The van der Waals surface area contributed by atoms with Gasteiger partial charge in [0, 0.05) is 11.4 Å². The van der Waals surface area contributed by atoms with Crippen LogP contribution in [0.5, 0.6) is 0 Å². The Labute approximate surface area is 122 Å². The number of thiophene rings is 1. The van der Waals surface area contributed by atoms with E-state index in [4.69, 9.17) is 0 Å². The second kappa shape index (κ2) is 4.05. The second-order valence-corrected chi connectivity index (χ2v) is 9.17. The maximum Gasteiger partial charge on any atom is 0.325 e. The predicted octanol–water partition coefficient (Wildman–Crippen LogP) is 1.85. The fourth-order valence-electron chi connectivity index (χ4n) is 3.40. The Bertz CT molecular complexity index is 674. The molecule has 110 valence electrons. The number of carboxylic acids is 1. The summed E-state index contributed by atoms with van der Waals surface area (Å²) in [6, 6.07) is 1.64. The molecule has 1 N–H and O–H groups in total. The highest BCUT2D eigenvalue weighted by Gasteiger charge is 2.70. The number of aryl methyl sites for hydroxylation is 2. The fourth-order valence-corrected chi connectivity index (χ4v) is 6.90. The Morgan fingerprint density at radius 1 is 1.50 bits per heavy atom. The summed E-state index contributed by atoms with van der Waals surface area (Å²) in [7, 11) is -3.71. The molecule has 0 amide bonds. The zero-order chi connectivity index (χ0) is 14.9. The number of carboxylic acid groups (broad SMARTS) is 1. The quantitative estimate of drug-likeness (QED) is 0.923. The molecule has 3 heterocycles. The summed E-state index contributed by atoms with van der Waals surface area (Å²) in [4.78, 5) is 12.6. The summed E-state index contributed by atoms with van der Waals surface area (Å²) >= 11 is 1.22. The average molecular weight is 315 g/mol. The van der Waals surface area contributed by atoms with Crippen LogP contribution in [-0.2, 0) is 14.8 Å². The molecule has 1 aromatic heterocycles. The number of carbonyl (C=O) groups is 1. The van der Waals surface area contributed by atoms with E-state index in [2.05, 4.69) is 0 Å². The lowest BCUT2D eigenvalue weighted by molar-refractivity contribution is -0.154. The van der Waals surface area contributed by atoms with Crippen molar-refractivity contribution in [1.82, 2.24) is 4.31 Å². The molecule has 4 rings (SSSR count). The van der Waals surface area contributed by atoms with E-state index >= 15 is 0 Å². The molecule has 1 saturated carbocycles. The highest BCUT2D eigenvalue weighted by Crippen LogP contribution is 2.57. The molecule has 0 spiro atoms. The summed E-state index contributed by atoms with van der Waals surface area (Å²) in [5.41, 5.74) is -0.299. The number of aliphatic carboxylic acids is 1. The third-order valence-corrected chi connectivity index (χ3v) is 8.45. The van der Waals surface area contributed by atoms with E-state index in [-0.39, 0.29) is 16.0 Å². The van der Waals surface area contributed by atoms with E-state index in [0.29, 0.717) is 13.0 Å². The molecule has 5 nitrogen and oxygen atoms in total. The standard InChI is InChI=1S/C13H17NO4S2/c1-7-4-11(19-9(7)3)20(17,18)14-6-10-5-13(14,8(10)2)12(15)16/h4,8,10H,5-6H2,1-3H3,(H,15,16)/t8-,10+,13+/m1/s1. The van der Waals surface area contributed by atoms with Crippen molar-refractivity contribution in [3.8, 4) is 0 Å². The summed E-state index contributed by atoms with van der Waals surface area (Å²) in [6.45, 7) is 5.90. The molecule has 3 aliphatic rings. The van der Waals surface area contributed by atoms with Gasteiger partial charge in [-0.2, -0.15) is 4.31 Å². The Kier molecular flexibility index (Phi) is 2.84. The molecule has 0 aromatic carbocycles. The summed E-state index contributed by atoms with van der Waals surface area (Å²) < 4.78 is 27.0. The van der Waals surface area contributed by atoms with Crippen LogP contribution in [0.1, 0.15) is 23.8 Å². The van der Waals surface area contributed by atoms with E-state index in [9.17, 15) is 18.3 Å². The Morgan fingerprint density at radius 3 is 2.60 bits per heavy atom. The smallest absolute Gasteiger partial charge is 0.325 e. The third-order valence-electron chi connectivity index (χ3n) is 4.94. The van der Waals surface area contributed by atoms with Crippen LogP contribution in [0.25, 0.3) is 0 Å². The van der Waals surface area contributed by atoms with Gasteiger partial charge in [-0.15, -0.1) is 11.3 Å². The van der Waals surface area contributed by atoms with E-state index in [0.717, 1.165) is 10.4 Å². The molecule has 1 aliphatic carbocycles. The first-order chi connectivity index (χ1) is 9.21. The van der Waals surface area contributed by atoms with Gasteiger partial charge in [0.1, 0.15) is 9.75 Å². The maximum absolute atomic E-state index is 12.8. The number of sulfonamides is 1. The van der Waals surface area contributed by atoms with Gasteiger partial charge in [0.25, 0.3) is 10.0 Å². The lowest BCUT2D eigenvalue weighted by atomic mass is 9.64. The van der Waals surface area contributed by atoms with Crippen molar-refractivity contribution in [2.75, 3.05) is 6.54 Å². The van der Waals surface area contributed by atoms with Crippen LogP contribution in [0, 0.1) is 25.7 Å². The van der Waals surface area contributed by atoms with Crippen molar-refractivity contribution in [2.24, 2.45) is 11.8 Å². The number of hydrogen-bond acceptors (Lipinski definition) is 4. The first-order valence-corrected chi connectivity index (χ1v) is 8.80. The van der Waals surface area contributed by atoms with Gasteiger partial charge in [-0.1, -0.05) is 6.92 Å².